The Labute approximate surface area is 135 Å². The van der Waals surface area contributed by atoms with E-state index in [-0.39, 0.29) is 18.4 Å². The van der Waals surface area contributed by atoms with Crippen LogP contribution in [-0.4, -0.2) is 43.0 Å². The average molecular weight is 343 g/mol. The molecule has 2 aliphatic rings. The van der Waals surface area contributed by atoms with Gasteiger partial charge in [0.2, 0.25) is 15.9 Å². The zero-order chi connectivity index (χ0) is 15.7. The number of rotatable bonds is 3. The molecule has 1 saturated heterocycles. The lowest BCUT2D eigenvalue weighted by atomic mass is 9.99. The minimum Gasteiger partial charge on any atom is -0.302 e. The van der Waals surface area contributed by atoms with Gasteiger partial charge >= 0.3 is 0 Å². The van der Waals surface area contributed by atoms with Gasteiger partial charge in [0, 0.05) is 18.0 Å². The van der Waals surface area contributed by atoms with Crippen molar-refractivity contribution >= 4 is 32.4 Å². The summed E-state index contributed by atoms with van der Waals surface area (Å²) in [7, 11) is -3.23. The highest BCUT2D eigenvalue weighted by Crippen LogP contribution is 2.30. The van der Waals surface area contributed by atoms with Crippen LogP contribution in [0.1, 0.15) is 36.3 Å². The van der Waals surface area contributed by atoms with E-state index in [1.165, 1.54) is 21.9 Å². The van der Waals surface area contributed by atoms with Gasteiger partial charge < -0.3 is 5.32 Å². The summed E-state index contributed by atoms with van der Waals surface area (Å²) in [6, 6.07) is 0. The van der Waals surface area contributed by atoms with Gasteiger partial charge in [-0.05, 0) is 38.5 Å². The van der Waals surface area contributed by atoms with Gasteiger partial charge in [-0.15, -0.1) is 11.3 Å². The summed E-state index contributed by atoms with van der Waals surface area (Å²) in [6.45, 7) is 0.782. The van der Waals surface area contributed by atoms with Crippen molar-refractivity contribution in [3.63, 3.8) is 0 Å². The lowest BCUT2D eigenvalue weighted by molar-refractivity contribution is -0.120. The maximum Gasteiger partial charge on any atom is 0.230 e. The molecule has 2 heterocycles. The van der Waals surface area contributed by atoms with Gasteiger partial charge in [0.25, 0.3) is 0 Å². The SMILES string of the molecule is CS(=O)(=O)N1CCC[C@@H](C(=O)Nc2nc3c(s2)CCCC3)C1. The smallest absolute Gasteiger partial charge is 0.230 e. The van der Waals surface area contributed by atoms with Crippen LogP contribution < -0.4 is 5.32 Å². The third-order valence-electron chi connectivity index (χ3n) is 4.30. The van der Waals surface area contributed by atoms with E-state index in [0.29, 0.717) is 11.7 Å². The molecule has 0 unspecified atom stereocenters. The number of sulfonamides is 1. The first-order valence-corrected chi connectivity index (χ1v) is 10.3. The molecular weight excluding hydrogens is 322 g/mol. The molecule has 0 radical (unpaired) electrons. The summed E-state index contributed by atoms with van der Waals surface area (Å²) in [6.07, 6.45) is 7.04. The number of carbonyl (C=O) groups excluding carboxylic acids is 1. The summed E-state index contributed by atoms with van der Waals surface area (Å²) < 4.78 is 24.7. The van der Waals surface area contributed by atoms with Crippen LogP contribution in [0.4, 0.5) is 5.13 Å². The number of carbonyl (C=O) groups is 1. The van der Waals surface area contributed by atoms with Crippen LogP contribution in [0.3, 0.4) is 0 Å². The molecule has 6 nitrogen and oxygen atoms in total. The number of piperidine rings is 1. The highest BCUT2D eigenvalue weighted by atomic mass is 32.2. The van der Waals surface area contributed by atoms with Crippen molar-refractivity contribution in [2.45, 2.75) is 38.5 Å². The highest BCUT2D eigenvalue weighted by molar-refractivity contribution is 7.88. The lowest BCUT2D eigenvalue weighted by Crippen LogP contribution is -2.43. The van der Waals surface area contributed by atoms with Crippen LogP contribution in [0.15, 0.2) is 0 Å². The van der Waals surface area contributed by atoms with Crippen molar-refractivity contribution in [1.29, 1.82) is 0 Å². The number of fused-ring (bicyclic) bond motifs is 1. The van der Waals surface area contributed by atoms with E-state index in [9.17, 15) is 13.2 Å². The molecule has 1 aliphatic heterocycles. The van der Waals surface area contributed by atoms with Crippen molar-refractivity contribution in [3.05, 3.63) is 10.6 Å². The van der Waals surface area contributed by atoms with Gasteiger partial charge in [-0.25, -0.2) is 17.7 Å². The maximum absolute atomic E-state index is 12.4. The fourth-order valence-corrected chi connectivity index (χ4v) is 5.03. The number of anilines is 1. The topological polar surface area (TPSA) is 79.4 Å². The molecule has 3 rings (SSSR count). The first-order valence-electron chi connectivity index (χ1n) is 7.68. The van der Waals surface area contributed by atoms with Crippen LogP contribution in [-0.2, 0) is 27.7 Å². The van der Waals surface area contributed by atoms with Crippen molar-refractivity contribution in [2.24, 2.45) is 5.92 Å². The molecule has 0 spiro atoms. The third-order valence-corrected chi connectivity index (χ3v) is 6.64. The second kappa shape index (κ2) is 6.25. The first kappa shape index (κ1) is 15.9. The fourth-order valence-electron chi connectivity index (χ4n) is 3.07. The molecule has 1 aliphatic carbocycles. The van der Waals surface area contributed by atoms with E-state index in [4.69, 9.17) is 0 Å². The Hall–Kier alpha value is -0.990. The standard InChI is InChI=1S/C14H21N3O3S2/c1-22(19,20)17-8-4-5-10(9-17)13(18)16-14-15-11-6-2-3-7-12(11)21-14/h10H,2-9H2,1H3,(H,15,16,18)/t10-/m1/s1. The highest BCUT2D eigenvalue weighted by Gasteiger charge is 2.30. The first-order chi connectivity index (χ1) is 10.4. The van der Waals surface area contributed by atoms with E-state index in [1.54, 1.807) is 11.3 Å². The number of nitrogens with zero attached hydrogens (tertiary/aromatic N) is 2. The zero-order valence-corrected chi connectivity index (χ0v) is 14.3. The molecule has 122 valence electrons. The Bertz CT molecular complexity index is 645. The molecule has 1 aromatic heterocycles. The number of aromatic nitrogens is 1. The number of hydrogen-bond donors (Lipinski definition) is 1. The normalized spacial score (nSPS) is 23.0. The zero-order valence-electron chi connectivity index (χ0n) is 12.7. The molecule has 0 bridgehead atoms. The van der Waals surface area contributed by atoms with E-state index in [2.05, 4.69) is 10.3 Å². The summed E-state index contributed by atoms with van der Waals surface area (Å²) >= 11 is 1.56. The molecule has 0 aromatic carbocycles. The quantitative estimate of drug-likeness (QED) is 0.905. The lowest BCUT2D eigenvalue weighted by Gasteiger charge is -2.29. The van der Waals surface area contributed by atoms with Crippen molar-refractivity contribution in [1.82, 2.24) is 9.29 Å². The third kappa shape index (κ3) is 3.49. The summed E-state index contributed by atoms with van der Waals surface area (Å²) in [5, 5.41) is 3.55. The minimum atomic E-state index is -3.23. The molecule has 1 aromatic rings. The van der Waals surface area contributed by atoms with Crippen molar-refractivity contribution < 1.29 is 13.2 Å². The second-order valence-corrected chi connectivity index (χ2v) is 9.11. The molecule has 1 atom stereocenters. The monoisotopic (exact) mass is 343 g/mol. The Balaban J connectivity index is 1.65. The van der Waals surface area contributed by atoms with Crippen LogP contribution >= 0.6 is 11.3 Å². The van der Waals surface area contributed by atoms with Crippen LogP contribution in [0.5, 0.6) is 0 Å². The predicted octanol–water partition coefficient (Wildman–Crippen LogP) is 1.63. The maximum atomic E-state index is 12.4. The van der Waals surface area contributed by atoms with Crippen molar-refractivity contribution in [2.75, 3.05) is 24.7 Å². The molecule has 22 heavy (non-hydrogen) atoms. The van der Waals surface area contributed by atoms with Gasteiger partial charge in [-0.3, -0.25) is 4.79 Å². The second-order valence-electron chi connectivity index (χ2n) is 6.05. The molecule has 0 saturated carbocycles. The van der Waals surface area contributed by atoms with Gasteiger partial charge in [0.05, 0.1) is 17.9 Å². The minimum absolute atomic E-state index is 0.112. The van der Waals surface area contributed by atoms with E-state index < -0.39 is 10.0 Å². The number of aryl methyl sites for hydroxylation is 2. The fraction of sp³-hybridized carbons (Fsp3) is 0.714. The molecule has 1 amide bonds. The Morgan fingerprint density at radius 3 is 2.82 bits per heavy atom. The Kier molecular flexibility index (Phi) is 4.52. The summed E-state index contributed by atoms with van der Waals surface area (Å²) in [4.78, 5) is 18.2. The van der Waals surface area contributed by atoms with Gasteiger partial charge in [-0.2, -0.15) is 0 Å². The predicted molar refractivity (Wildman–Crippen MR) is 86.5 cm³/mol. The number of amides is 1. The van der Waals surface area contributed by atoms with E-state index in [0.717, 1.165) is 37.8 Å². The molecule has 8 heteroatoms. The number of thiazole rings is 1. The summed E-state index contributed by atoms with van der Waals surface area (Å²) in [5.41, 5.74) is 1.12. The number of hydrogen-bond acceptors (Lipinski definition) is 5. The van der Waals surface area contributed by atoms with Crippen LogP contribution in [0, 0.1) is 5.92 Å². The van der Waals surface area contributed by atoms with Gasteiger partial charge in [0.1, 0.15) is 0 Å². The van der Waals surface area contributed by atoms with Crippen molar-refractivity contribution in [3.8, 4) is 0 Å². The molecule has 1 N–H and O–H groups in total. The molecular formula is C14H21N3O3S2. The van der Waals surface area contributed by atoms with E-state index >= 15 is 0 Å². The number of nitrogens with one attached hydrogen (secondary N) is 1. The van der Waals surface area contributed by atoms with Gasteiger partial charge in [-0.1, -0.05) is 0 Å². The Morgan fingerprint density at radius 1 is 1.32 bits per heavy atom. The largest absolute Gasteiger partial charge is 0.302 e. The summed E-state index contributed by atoms with van der Waals surface area (Å²) in [5.74, 6) is -0.399. The van der Waals surface area contributed by atoms with E-state index in [1.807, 2.05) is 0 Å². The van der Waals surface area contributed by atoms with Crippen LogP contribution in [0.2, 0.25) is 0 Å². The average Bonchev–Trinajstić information content (AvgIpc) is 2.88. The Morgan fingerprint density at radius 2 is 2.09 bits per heavy atom. The van der Waals surface area contributed by atoms with Crippen LogP contribution in [0.25, 0.3) is 0 Å². The molecule has 1 fully saturated rings. The van der Waals surface area contributed by atoms with Gasteiger partial charge in [0.15, 0.2) is 5.13 Å².